The Morgan fingerprint density at radius 2 is 2.23 bits per heavy atom. The SMILES string of the molecule is OC[C@@H]1C[C@H]1Nc1ncc(Br)cn1. The average molecular weight is 244 g/mol. The van der Waals surface area contributed by atoms with E-state index in [-0.39, 0.29) is 6.61 Å². The van der Waals surface area contributed by atoms with Gasteiger partial charge in [0.05, 0.1) is 4.47 Å². The molecule has 1 aromatic heterocycles. The van der Waals surface area contributed by atoms with Crippen LogP contribution in [0.15, 0.2) is 16.9 Å². The zero-order chi connectivity index (χ0) is 9.26. The molecule has 2 atom stereocenters. The minimum absolute atomic E-state index is 0.244. The maximum atomic E-state index is 8.81. The van der Waals surface area contributed by atoms with Gasteiger partial charge in [0.25, 0.3) is 0 Å². The van der Waals surface area contributed by atoms with Crippen LogP contribution in [0, 0.1) is 5.92 Å². The van der Waals surface area contributed by atoms with E-state index >= 15 is 0 Å². The predicted molar refractivity (Wildman–Crippen MR) is 52.3 cm³/mol. The summed E-state index contributed by atoms with van der Waals surface area (Å²) in [6, 6.07) is 0.353. The van der Waals surface area contributed by atoms with Gasteiger partial charge >= 0.3 is 0 Å². The second-order valence-electron chi connectivity index (χ2n) is 3.15. The van der Waals surface area contributed by atoms with Crippen molar-refractivity contribution >= 4 is 21.9 Å². The number of hydrogen-bond donors (Lipinski definition) is 2. The standard InChI is InChI=1S/C8H10BrN3O/c9-6-2-10-8(11-3-6)12-7-1-5(7)4-13/h2-3,5,7,13H,1,4H2,(H,10,11,12)/t5-,7+/m0/s1. The maximum absolute atomic E-state index is 8.81. The summed E-state index contributed by atoms with van der Waals surface area (Å²) in [5.41, 5.74) is 0. The van der Waals surface area contributed by atoms with Crippen molar-refractivity contribution in [2.45, 2.75) is 12.5 Å². The third-order valence-electron chi connectivity index (χ3n) is 2.09. The molecule has 2 rings (SSSR count). The minimum atomic E-state index is 0.244. The highest BCUT2D eigenvalue weighted by Gasteiger charge is 2.36. The zero-order valence-electron chi connectivity index (χ0n) is 6.94. The highest BCUT2D eigenvalue weighted by atomic mass is 79.9. The first kappa shape index (κ1) is 8.90. The molecule has 1 saturated carbocycles. The topological polar surface area (TPSA) is 58.0 Å². The fraction of sp³-hybridized carbons (Fsp3) is 0.500. The van der Waals surface area contributed by atoms with Crippen molar-refractivity contribution in [2.24, 2.45) is 5.92 Å². The lowest BCUT2D eigenvalue weighted by Gasteiger charge is -2.01. The van der Waals surface area contributed by atoms with Crippen LogP contribution in [-0.2, 0) is 0 Å². The number of halogens is 1. The van der Waals surface area contributed by atoms with Gasteiger partial charge in [-0.1, -0.05) is 0 Å². The molecule has 1 aromatic rings. The van der Waals surface area contributed by atoms with Crippen molar-refractivity contribution in [1.29, 1.82) is 0 Å². The molecule has 0 spiro atoms. The first-order valence-electron chi connectivity index (χ1n) is 4.14. The number of aliphatic hydroxyl groups is 1. The Morgan fingerprint density at radius 3 is 2.77 bits per heavy atom. The maximum Gasteiger partial charge on any atom is 0.222 e. The number of aliphatic hydroxyl groups excluding tert-OH is 1. The van der Waals surface area contributed by atoms with E-state index in [0.29, 0.717) is 17.9 Å². The molecule has 0 radical (unpaired) electrons. The van der Waals surface area contributed by atoms with E-state index in [1.54, 1.807) is 12.4 Å². The van der Waals surface area contributed by atoms with Crippen LogP contribution in [0.4, 0.5) is 5.95 Å². The van der Waals surface area contributed by atoms with Crippen LogP contribution in [0.1, 0.15) is 6.42 Å². The summed E-state index contributed by atoms with van der Waals surface area (Å²) in [5, 5.41) is 12.0. The van der Waals surface area contributed by atoms with Crippen LogP contribution in [0.3, 0.4) is 0 Å². The third kappa shape index (κ3) is 2.16. The fourth-order valence-electron chi connectivity index (χ4n) is 1.18. The monoisotopic (exact) mass is 243 g/mol. The number of nitrogens with one attached hydrogen (secondary N) is 1. The van der Waals surface area contributed by atoms with Crippen LogP contribution in [0.5, 0.6) is 0 Å². The molecule has 13 heavy (non-hydrogen) atoms. The zero-order valence-corrected chi connectivity index (χ0v) is 8.53. The quantitative estimate of drug-likeness (QED) is 0.833. The molecule has 0 amide bonds. The highest BCUT2D eigenvalue weighted by molar-refractivity contribution is 9.10. The molecule has 1 aliphatic rings. The van der Waals surface area contributed by atoms with E-state index < -0.39 is 0 Å². The van der Waals surface area contributed by atoms with E-state index in [4.69, 9.17) is 5.11 Å². The molecule has 0 aromatic carbocycles. The minimum Gasteiger partial charge on any atom is -0.396 e. The second-order valence-corrected chi connectivity index (χ2v) is 4.07. The van der Waals surface area contributed by atoms with Gasteiger partial charge < -0.3 is 10.4 Å². The summed E-state index contributed by atoms with van der Waals surface area (Å²) >= 11 is 3.26. The lowest BCUT2D eigenvalue weighted by atomic mass is 10.4. The van der Waals surface area contributed by atoms with Crippen molar-refractivity contribution < 1.29 is 5.11 Å². The van der Waals surface area contributed by atoms with Gasteiger partial charge in [0.1, 0.15) is 0 Å². The summed E-state index contributed by atoms with van der Waals surface area (Å²) in [6.45, 7) is 0.244. The van der Waals surface area contributed by atoms with Crippen LogP contribution in [0.2, 0.25) is 0 Å². The number of nitrogens with zero attached hydrogens (tertiary/aromatic N) is 2. The van der Waals surface area contributed by atoms with Crippen molar-refractivity contribution in [3.63, 3.8) is 0 Å². The van der Waals surface area contributed by atoms with Gasteiger partial charge in [0.15, 0.2) is 0 Å². The average Bonchev–Trinajstić information content (AvgIpc) is 2.88. The van der Waals surface area contributed by atoms with E-state index in [1.165, 1.54) is 0 Å². The van der Waals surface area contributed by atoms with Gasteiger partial charge in [-0.2, -0.15) is 0 Å². The molecule has 1 heterocycles. The molecule has 70 valence electrons. The van der Waals surface area contributed by atoms with E-state index in [0.717, 1.165) is 10.9 Å². The van der Waals surface area contributed by atoms with Crippen LogP contribution >= 0.6 is 15.9 Å². The highest BCUT2D eigenvalue weighted by Crippen LogP contribution is 2.31. The molecule has 2 N–H and O–H groups in total. The van der Waals surface area contributed by atoms with Crippen molar-refractivity contribution in [2.75, 3.05) is 11.9 Å². The smallest absolute Gasteiger partial charge is 0.222 e. The summed E-state index contributed by atoms with van der Waals surface area (Å²) in [7, 11) is 0. The Kier molecular flexibility index (Phi) is 2.46. The predicted octanol–water partition coefficient (Wildman–Crippen LogP) is 1.03. The lowest BCUT2D eigenvalue weighted by Crippen LogP contribution is -2.08. The number of aromatic nitrogens is 2. The fourth-order valence-corrected chi connectivity index (χ4v) is 1.38. The molecule has 0 saturated heterocycles. The van der Waals surface area contributed by atoms with Crippen LogP contribution in [-0.4, -0.2) is 27.7 Å². The molecule has 1 fully saturated rings. The molecular weight excluding hydrogens is 234 g/mol. The molecule has 0 unspecified atom stereocenters. The van der Waals surface area contributed by atoms with Gasteiger partial charge in [-0.15, -0.1) is 0 Å². The third-order valence-corrected chi connectivity index (χ3v) is 2.50. The molecule has 1 aliphatic carbocycles. The first-order valence-corrected chi connectivity index (χ1v) is 4.94. The molecule has 0 bridgehead atoms. The number of anilines is 1. The van der Waals surface area contributed by atoms with E-state index in [1.807, 2.05) is 0 Å². The van der Waals surface area contributed by atoms with E-state index in [9.17, 15) is 0 Å². The lowest BCUT2D eigenvalue weighted by molar-refractivity contribution is 0.275. The van der Waals surface area contributed by atoms with Crippen LogP contribution in [0.25, 0.3) is 0 Å². The molecule has 5 heteroatoms. The van der Waals surface area contributed by atoms with Gasteiger partial charge in [-0.25, -0.2) is 9.97 Å². The van der Waals surface area contributed by atoms with Crippen molar-refractivity contribution in [3.8, 4) is 0 Å². The largest absolute Gasteiger partial charge is 0.396 e. The summed E-state index contributed by atoms with van der Waals surface area (Å²) in [5.74, 6) is 1.01. The Bertz CT molecular complexity index is 290. The molecular formula is C8H10BrN3O. The number of hydrogen-bond acceptors (Lipinski definition) is 4. The van der Waals surface area contributed by atoms with Gasteiger partial charge in [-0.05, 0) is 22.4 Å². The number of rotatable bonds is 3. The van der Waals surface area contributed by atoms with Gasteiger partial charge in [0.2, 0.25) is 5.95 Å². The summed E-state index contributed by atoms with van der Waals surface area (Å²) in [4.78, 5) is 8.15. The Morgan fingerprint density at radius 1 is 1.54 bits per heavy atom. The Hall–Kier alpha value is -0.680. The summed E-state index contributed by atoms with van der Waals surface area (Å²) in [6.07, 6.45) is 4.41. The second kappa shape index (κ2) is 3.59. The first-order chi connectivity index (χ1) is 6.29. The summed E-state index contributed by atoms with van der Waals surface area (Å²) < 4.78 is 0.868. The normalized spacial score (nSPS) is 25.7. The molecule has 4 nitrogen and oxygen atoms in total. The van der Waals surface area contributed by atoms with Crippen molar-refractivity contribution in [1.82, 2.24) is 9.97 Å². The van der Waals surface area contributed by atoms with Gasteiger partial charge in [0, 0.05) is 31.0 Å². The Balaban J connectivity index is 1.92. The van der Waals surface area contributed by atoms with Crippen LogP contribution < -0.4 is 5.32 Å². The van der Waals surface area contributed by atoms with Crippen molar-refractivity contribution in [3.05, 3.63) is 16.9 Å². The molecule has 0 aliphatic heterocycles. The Labute approximate surface area is 84.5 Å². The van der Waals surface area contributed by atoms with Gasteiger partial charge in [-0.3, -0.25) is 0 Å². The van der Waals surface area contributed by atoms with E-state index in [2.05, 4.69) is 31.2 Å².